The number of thiazole rings is 1. The zero-order valence-electron chi connectivity index (χ0n) is 9.98. The number of fused-ring (bicyclic) bond motifs is 1. The highest BCUT2D eigenvalue weighted by atomic mass is 32.3. The molecule has 0 aliphatic carbocycles. The van der Waals surface area contributed by atoms with Gasteiger partial charge in [-0.05, 0) is 18.2 Å². The lowest BCUT2D eigenvalue weighted by molar-refractivity contribution is -0.117. The molecule has 2 aromatic rings. The molecule has 106 valence electrons. The summed E-state index contributed by atoms with van der Waals surface area (Å²) >= 11 is 1.14. The van der Waals surface area contributed by atoms with Gasteiger partial charge in [0.1, 0.15) is 11.0 Å². The Morgan fingerprint density at radius 1 is 1.45 bits per heavy atom. The minimum atomic E-state index is -4.74. The van der Waals surface area contributed by atoms with Gasteiger partial charge in [0.05, 0.1) is 10.2 Å². The number of nitrogens with zero attached hydrogens (tertiary/aromatic N) is 2. The Labute approximate surface area is 117 Å². The van der Waals surface area contributed by atoms with Gasteiger partial charge in [-0.1, -0.05) is 11.3 Å². The van der Waals surface area contributed by atoms with Crippen LogP contribution in [0.3, 0.4) is 0 Å². The summed E-state index contributed by atoms with van der Waals surface area (Å²) in [5.41, 5.74) is 0.585. The molecule has 1 amide bonds. The molecule has 0 saturated carbocycles. The van der Waals surface area contributed by atoms with Gasteiger partial charge in [-0.15, -0.1) is 3.89 Å². The van der Waals surface area contributed by atoms with E-state index in [0.29, 0.717) is 15.3 Å². The maximum atomic E-state index is 13.0. The van der Waals surface area contributed by atoms with Crippen LogP contribution in [0.25, 0.3) is 10.2 Å². The third kappa shape index (κ3) is 2.22. The van der Waals surface area contributed by atoms with E-state index in [4.69, 9.17) is 0 Å². The molecule has 1 atom stereocenters. The number of carbonyl (C=O) groups is 1. The van der Waals surface area contributed by atoms with Gasteiger partial charge in [0.25, 0.3) is 0 Å². The summed E-state index contributed by atoms with van der Waals surface area (Å²) in [6.07, 6.45) is -0.375. The second-order valence-corrected chi connectivity index (χ2v) is 7.08. The molecule has 1 unspecified atom stereocenters. The molecule has 1 aliphatic rings. The SMILES string of the molecule is O=C1CC(S(=O)(=O)F)CN1c1nc2ccc(O)cc2s1. The fourth-order valence-corrected chi connectivity index (χ4v) is 3.76. The third-order valence-corrected chi connectivity index (χ3v) is 5.23. The number of amides is 1. The van der Waals surface area contributed by atoms with E-state index in [1.54, 1.807) is 6.07 Å². The van der Waals surface area contributed by atoms with Gasteiger partial charge in [-0.3, -0.25) is 9.69 Å². The number of aromatic hydroxyl groups is 1. The fourth-order valence-electron chi connectivity index (χ4n) is 2.06. The zero-order chi connectivity index (χ0) is 14.5. The predicted molar refractivity (Wildman–Crippen MR) is 72.1 cm³/mol. The van der Waals surface area contributed by atoms with Crippen molar-refractivity contribution in [1.29, 1.82) is 0 Å². The lowest BCUT2D eigenvalue weighted by atomic mass is 10.3. The van der Waals surface area contributed by atoms with E-state index in [9.17, 15) is 22.2 Å². The number of anilines is 1. The van der Waals surface area contributed by atoms with Gasteiger partial charge in [0.15, 0.2) is 5.13 Å². The van der Waals surface area contributed by atoms with Crippen LogP contribution in [0.15, 0.2) is 18.2 Å². The van der Waals surface area contributed by atoms with Crippen molar-refractivity contribution in [2.45, 2.75) is 11.7 Å². The van der Waals surface area contributed by atoms with Gasteiger partial charge < -0.3 is 5.11 Å². The number of hydrogen-bond donors (Lipinski definition) is 1. The number of benzene rings is 1. The third-order valence-electron chi connectivity index (χ3n) is 3.08. The van der Waals surface area contributed by atoms with Gasteiger partial charge in [0, 0.05) is 13.0 Å². The number of halogens is 1. The van der Waals surface area contributed by atoms with Crippen LogP contribution >= 0.6 is 11.3 Å². The summed E-state index contributed by atoms with van der Waals surface area (Å²) in [6, 6.07) is 4.56. The van der Waals surface area contributed by atoms with Gasteiger partial charge >= 0.3 is 10.2 Å². The molecule has 0 spiro atoms. The van der Waals surface area contributed by atoms with Crippen LogP contribution in [-0.4, -0.2) is 36.2 Å². The van der Waals surface area contributed by atoms with Crippen LogP contribution in [0.2, 0.25) is 0 Å². The number of phenolic OH excluding ortho intramolecular Hbond substituents is 1. The fraction of sp³-hybridized carbons (Fsp3) is 0.273. The zero-order valence-corrected chi connectivity index (χ0v) is 11.6. The first kappa shape index (κ1) is 13.3. The lowest BCUT2D eigenvalue weighted by Crippen LogP contribution is -2.26. The largest absolute Gasteiger partial charge is 0.508 e. The Kier molecular flexibility index (Phi) is 2.91. The van der Waals surface area contributed by atoms with Gasteiger partial charge in [-0.2, -0.15) is 8.42 Å². The molecule has 9 heteroatoms. The molecule has 1 aromatic carbocycles. The minimum absolute atomic E-state index is 0.0738. The molecule has 1 fully saturated rings. The van der Waals surface area contributed by atoms with Crippen molar-refractivity contribution in [2.75, 3.05) is 11.4 Å². The van der Waals surface area contributed by atoms with Crippen LogP contribution in [0, 0.1) is 0 Å². The van der Waals surface area contributed by atoms with E-state index < -0.39 is 21.4 Å². The van der Waals surface area contributed by atoms with Crippen molar-refractivity contribution in [2.24, 2.45) is 0 Å². The molecule has 1 saturated heterocycles. The van der Waals surface area contributed by atoms with Crippen molar-refractivity contribution < 1.29 is 22.2 Å². The first-order valence-corrected chi connectivity index (χ1v) is 7.94. The van der Waals surface area contributed by atoms with Crippen molar-refractivity contribution in [3.63, 3.8) is 0 Å². The van der Waals surface area contributed by atoms with Crippen LogP contribution in [0.5, 0.6) is 5.75 Å². The summed E-state index contributed by atoms with van der Waals surface area (Å²) in [5.74, 6) is -0.399. The molecule has 1 aromatic heterocycles. The molecular formula is C11H9FN2O4S2. The summed E-state index contributed by atoms with van der Waals surface area (Å²) in [4.78, 5) is 17.2. The molecule has 3 rings (SSSR count). The first-order chi connectivity index (χ1) is 9.34. The number of aromatic nitrogens is 1. The van der Waals surface area contributed by atoms with E-state index in [1.807, 2.05) is 0 Å². The predicted octanol–water partition coefficient (Wildman–Crippen LogP) is 1.41. The highest BCUT2D eigenvalue weighted by Gasteiger charge is 2.40. The first-order valence-electron chi connectivity index (χ1n) is 5.68. The Balaban J connectivity index is 1.97. The maximum Gasteiger partial charge on any atom is 0.307 e. The molecule has 1 aliphatic heterocycles. The molecular weight excluding hydrogens is 307 g/mol. The molecule has 20 heavy (non-hydrogen) atoms. The summed E-state index contributed by atoms with van der Waals surface area (Å²) in [6.45, 7) is -0.233. The highest BCUT2D eigenvalue weighted by Crippen LogP contribution is 2.34. The number of phenols is 1. The number of rotatable bonds is 2. The number of carbonyl (C=O) groups excluding carboxylic acids is 1. The average Bonchev–Trinajstić information content (AvgIpc) is 2.90. The normalized spacial score (nSPS) is 19.9. The van der Waals surface area contributed by atoms with Crippen LogP contribution in [0.1, 0.15) is 6.42 Å². The molecule has 1 N–H and O–H groups in total. The maximum absolute atomic E-state index is 13.0. The smallest absolute Gasteiger partial charge is 0.307 e. The van der Waals surface area contributed by atoms with Gasteiger partial charge in [-0.25, -0.2) is 4.98 Å². The van der Waals surface area contributed by atoms with E-state index >= 15 is 0 Å². The van der Waals surface area contributed by atoms with Crippen LogP contribution in [-0.2, 0) is 15.0 Å². The molecule has 2 heterocycles. The second-order valence-electron chi connectivity index (χ2n) is 4.45. The van der Waals surface area contributed by atoms with Crippen molar-refractivity contribution in [3.8, 4) is 5.75 Å². The monoisotopic (exact) mass is 316 g/mol. The van der Waals surface area contributed by atoms with E-state index in [1.165, 1.54) is 17.0 Å². The van der Waals surface area contributed by atoms with Crippen LogP contribution < -0.4 is 4.90 Å². The molecule has 0 radical (unpaired) electrons. The topological polar surface area (TPSA) is 87.6 Å². The average molecular weight is 316 g/mol. The standard InChI is InChI=1S/C11H9FN2O4S2/c12-20(17,18)7-4-10(16)14(5-7)11-13-8-2-1-6(15)3-9(8)19-11/h1-3,7,15H,4-5H2. The Bertz CT molecular complexity index is 802. The van der Waals surface area contributed by atoms with E-state index in [-0.39, 0.29) is 18.7 Å². The Morgan fingerprint density at radius 2 is 2.20 bits per heavy atom. The van der Waals surface area contributed by atoms with Crippen molar-refractivity contribution in [1.82, 2.24) is 4.98 Å². The van der Waals surface area contributed by atoms with E-state index in [2.05, 4.69) is 4.98 Å². The Hall–Kier alpha value is -1.74. The van der Waals surface area contributed by atoms with Crippen LogP contribution in [0.4, 0.5) is 9.02 Å². The molecule has 6 nitrogen and oxygen atoms in total. The highest BCUT2D eigenvalue weighted by molar-refractivity contribution is 7.87. The van der Waals surface area contributed by atoms with Gasteiger partial charge in [0.2, 0.25) is 5.91 Å². The Morgan fingerprint density at radius 3 is 2.85 bits per heavy atom. The second kappa shape index (κ2) is 4.38. The minimum Gasteiger partial charge on any atom is -0.508 e. The summed E-state index contributed by atoms with van der Waals surface area (Å²) in [7, 11) is -4.74. The van der Waals surface area contributed by atoms with Crippen molar-refractivity contribution in [3.05, 3.63) is 18.2 Å². The summed E-state index contributed by atoms with van der Waals surface area (Å²) < 4.78 is 35.4. The van der Waals surface area contributed by atoms with Crippen molar-refractivity contribution >= 4 is 42.8 Å². The summed E-state index contributed by atoms with van der Waals surface area (Å²) in [5, 5.41) is 8.34. The lowest BCUT2D eigenvalue weighted by Gasteiger charge is -2.11. The quantitative estimate of drug-likeness (QED) is 0.846. The molecule has 0 bridgehead atoms. The van der Waals surface area contributed by atoms with E-state index in [0.717, 1.165) is 11.3 Å². The number of hydrogen-bond acceptors (Lipinski definition) is 6.